The van der Waals surface area contributed by atoms with Gasteiger partial charge in [0.05, 0.1) is 16.2 Å². The Labute approximate surface area is 186 Å². The molecule has 0 N–H and O–H groups in total. The number of hydrogen-bond acceptors (Lipinski definition) is 4. The van der Waals surface area contributed by atoms with Crippen LogP contribution in [0.3, 0.4) is 0 Å². The number of nitrogens with zero attached hydrogens (tertiary/aromatic N) is 1. The van der Waals surface area contributed by atoms with E-state index in [-0.39, 0.29) is 26.0 Å². The highest BCUT2D eigenvalue weighted by molar-refractivity contribution is 6.15. The second-order valence-corrected chi connectivity index (χ2v) is 8.03. The van der Waals surface area contributed by atoms with E-state index in [0.717, 1.165) is 46.7 Å². The molecule has 4 aromatic rings. The summed E-state index contributed by atoms with van der Waals surface area (Å²) in [5.74, 6) is 3.31. The first kappa shape index (κ1) is 20.0. The molecule has 0 spiro atoms. The molecule has 2 aliphatic rings. The average molecular weight is 438 g/mol. The second-order valence-electron chi connectivity index (χ2n) is 8.03. The van der Waals surface area contributed by atoms with E-state index >= 15 is 0 Å². The van der Waals surface area contributed by atoms with Crippen molar-refractivity contribution in [2.45, 2.75) is 39.2 Å². The van der Waals surface area contributed by atoms with E-state index in [1.165, 1.54) is 40.9 Å². The van der Waals surface area contributed by atoms with Crippen LogP contribution in [-0.4, -0.2) is 13.6 Å². The van der Waals surface area contributed by atoms with Crippen LogP contribution in [0, 0.1) is 0 Å². The Bertz CT molecular complexity index is 1300. The van der Waals surface area contributed by atoms with Crippen LogP contribution in [0.2, 0.25) is 0 Å². The van der Waals surface area contributed by atoms with Crippen molar-refractivity contribution < 1.29 is 35.9 Å². The summed E-state index contributed by atoms with van der Waals surface area (Å²) in [4.78, 5) is 0. The number of rotatable bonds is 5. The summed E-state index contributed by atoms with van der Waals surface area (Å²) in [6.45, 7) is 3.77. The number of benzene rings is 3. The normalized spacial score (nSPS) is 13.8. The van der Waals surface area contributed by atoms with Crippen molar-refractivity contribution in [3.63, 3.8) is 0 Å². The zero-order chi connectivity index (χ0) is 20.1. The highest BCUT2D eigenvalue weighted by atomic mass is 35.5. The lowest BCUT2D eigenvalue weighted by Crippen LogP contribution is -3.00. The Hall–Kier alpha value is -2.92. The molecule has 0 unspecified atom stereocenters. The third kappa shape index (κ3) is 3.19. The molecule has 0 fully saturated rings. The standard InChI is InChI=1S/C25H24NO4.ClH/c1-2-3-4-5-10-26-13-20-17(8-9-21-25(20)30-15-27-21)18-7-6-16-11-22-23(29-14-28-22)12-19(16)24(18)26;/h6-9,11-13H,2-5,10,14-15H2,1H3;1H/q+1;/p-1. The predicted molar refractivity (Wildman–Crippen MR) is 116 cm³/mol. The fourth-order valence-corrected chi connectivity index (χ4v) is 4.69. The topological polar surface area (TPSA) is 40.8 Å². The van der Waals surface area contributed by atoms with Gasteiger partial charge in [0.2, 0.25) is 19.1 Å². The van der Waals surface area contributed by atoms with E-state index in [9.17, 15) is 0 Å². The molecule has 5 nitrogen and oxygen atoms in total. The molecule has 0 amide bonds. The maximum absolute atomic E-state index is 5.83. The van der Waals surface area contributed by atoms with Crippen molar-refractivity contribution in [3.8, 4) is 23.0 Å². The average Bonchev–Trinajstić information content (AvgIpc) is 3.43. The van der Waals surface area contributed by atoms with Crippen molar-refractivity contribution in [1.82, 2.24) is 0 Å². The van der Waals surface area contributed by atoms with Gasteiger partial charge in [-0.2, -0.15) is 4.57 Å². The van der Waals surface area contributed by atoms with Crippen LogP contribution >= 0.6 is 0 Å². The van der Waals surface area contributed by atoms with E-state index in [1.54, 1.807) is 0 Å². The number of aryl methyl sites for hydroxylation is 1. The zero-order valence-corrected chi connectivity index (χ0v) is 18.2. The molecule has 160 valence electrons. The van der Waals surface area contributed by atoms with Crippen molar-refractivity contribution in [3.05, 3.63) is 42.6 Å². The third-order valence-corrected chi connectivity index (χ3v) is 6.18. The largest absolute Gasteiger partial charge is 1.00 e. The molecular weight excluding hydrogens is 414 g/mol. The summed E-state index contributed by atoms with van der Waals surface area (Å²) < 4.78 is 25.1. The van der Waals surface area contributed by atoms with Gasteiger partial charge in [0.25, 0.3) is 0 Å². The van der Waals surface area contributed by atoms with Gasteiger partial charge in [0, 0.05) is 11.8 Å². The molecule has 3 heterocycles. The number of aromatic nitrogens is 1. The Balaban J connectivity index is 0.00000204. The highest BCUT2D eigenvalue weighted by Crippen LogP contribution is 2.43. The second kappa shape index (κ2) is 7.97. The van der Waals surface area contributed by atoms with E-state index < -0.39 is 0 Å². The fourth-order valence-electron chi connectivity index (χ4n) is 4.69. The summed E-state index contributed by atoms with van der Waals surface area (Å²) in [6, 6.07) is 12.8. The van der Waals surface area contributed by atoms with Gasteiger partial charge in [-0.1, -0.05) is 25.8 Å². The maximum Gasteiger partial charge on any atom is 0.231 e. The van der Waals surface area contributed by atoms with Gasteiger partial charge in [0.15, 0.2) is 29.2 Å². The van der Waals surface area contributed by atoms with Crippen LogP contribution in [0.25, 0.3) is 32.4 Å². The van der Waals surface area contributed by atoms with Crippen LogP contribution in [0.1, 0.15) is 32.6 Å². The van der Waals surface area contributed by atoms with E-state index in [1.807, 2.05) is 6.07 Å². The van der Waals surface area contributed by atoms with Crippen LogP contribution in [0.4, 0.5) is 0 Å². The van der Waals surface area contributed by atoms with E-state index in [2.05, 4.69) is 48.0 Å². The lowest BCUT2D eigenvalue weighted by Gasteiger charge is -2.10. The molecule has 0 saturated heterocycles. The number of hydrogen-bond donors (Lipinski definition) is 0. The number of pyridine rings is 1. The number of ether oxygens (including phenoxy) is 4. The van der Waals surface area contributed by atoms with Gasteiger partial charge in [-0.3, -0.25) is 0 Å². The molecule has 3 aromatic carbocycles. The Morgan fingerprint density at radius 3 is 2.39 bits per heavy atom. The zero-order valence-electron chi connectivity index (χ0n) is 17.4. The van der Waals surface area contributed by atoms with Crippen molar-refractivity contribution >= 4 is 32.4 Å². The highest BCUT2D eigenvalue weighted by Gasteiger charge is 2.25. The molecule has 6 rings (SSSR count). The van der Waals surface area contributed by atoms with Crippen LogP contribution in [0.15, 0.2) is 42.6 Å². The summed E-state index contributed by atoms with van der Waals surface area (Å²) in [7, 11) is 0. The molecular formula is C25H24ClNO4. The minimum Gasteiger partial charge on any atom is -1.00 e. The first-order valence-corrected chi connectivity index (χ1v) is 10.7. The molecule has 6 heteroatoms. The quantitative estimate of drug-likeness (QED) is 0.273. The van der Waals surface area contributed by atoms with E-state index in [0.29, 0.717) is 0 Å². The molecule has 0 saturated carbocycles. The number of halogens is 1. The molecule has 0 radical (unpaired) electrons. The molecule has 0 bridgehead atoms. The van der Waals surface area contributed by atoms with E-state index in [4.69, 9.17) is 18.9 Å². The monoisotopic (exact) mass is 437 g/mol. The molecule has 0 aliphatic carbocycles. The lowest BCUT2D eigenvalue weighted by atomic mass is 9.99. The van der Waals surface area contributed by atoms with Gasteiger partial charge in [-0.15, -0.1) is 0 Å². The molecule has 2 aliphatic heterocycles. The van der Waals surface area contributed by atoms with Crippen LogP contribution in [-0.2, 0) is 6.54 Å². The predicted octanol–water partition coefficient (Wildman–Crippen LogP) is 2.48. The van der Waals surface area contributed by atoms with Crippen molar-refractivity contribution in [2.24, 2.45) is 0 Å². The van der Waals surface area contributed by atoms with Crippen molar-refractivity contribution in [1.29, 1.82) is 0 Å². The Morgan fingerprint density at radius 1 is 0.742 bits per heavy atom. The fraction of sp³-hybridized carbons (Fsp3) is 0.320. The minimum absolute atomic E-state index is 0. The van der Waals surface area contributed by atoms with Crippen LogP contribution in [0.5, 0.6) is 23.0 Å². The van der Waals surface area contributed by atoms with Crippen LogP contribution < -0.4 is 35.9 Å². The number of unbranched alkanes of at least 4 members (excludes halogenated alkanes) is 3. The van der Waals surface area contributed by atoms with Gasteiger partial charge >= 0.3 is 0 Å². The smallest absolute Gasteiger partial charge is 0.231 e. The molecule has 31 heavy (non-hydrogen) atoms. The third-order valence-electron chi connectivity index (χ3n) is 6.18. The lowest BCUT2D eigenvalue weighted by molar-refractivity contribution is -0.669. The first-order valence-electron chi connectivity index (χ1n) is 10.7. The maximum atomic E-state index is 5.83. The summed E-state index contributed by atoms with van der Waals surface area (Å²) in [5.41, 5.74) is 1.23. The number of fused-ring (bicyclic) bond motifs is 8. The van der Waals surface area contributed by atoms with Gasteiger partial charge in [0.1, 0.15) is 6.54 Å². The minimum atomic E-state index is 0. The van der Waals surface area contributed by atoms with Gasteiger partial charge in [-0.25, -0.2) is 0 Å². The summed E-state index contributed by atoms with van der Waals surface area (Å²) in [5, 5.41) is 5.85. The molecule has 1 aromatic heterocycles. The van der Waals surface area contributed by atoms with Gasteiger partial charge < -0.3 is 31.4 Å². The van der Waals surface area contributed by atoms with Crippen molar-refractivity contribution in [2.75, 3.05) is 13.6 Å². The summed E-state index contributed by atoms with van der Waals surface area (Å²) in [6.07, 6.45) is 7.10. The first-order chi connectivity index (χ1) is 14.8. The Morgan fingerprint density at radius 2 is 1.52 bits per heavy atom. The Kier molecular flexibility index (Phi) is 5.14. The van der Waals surface area contributed by atoms with Gasteiger partial charge in [-0.05, 0) is 42.1 Å². The molecule has 0 atom stereocenters. The summed E-state index contributed by atoms with van der Waals surface area (Å²) >= 11 is 0. The SMILES string of the molecule is CCCCCC[n+]1cc2c3c(ccc2c2ccc4cc5c(cc4c21)OCO5)OCO3.[Cl-].